The molecule has 1 aliphatic rings. The Balaban J connectivity index is 2.19. The lowest BCUT2D eigenvalue weighted by Crippen LogP contribution is -2.33. The van der Waals surface area contributed by atoms with Gasteiger partial charge in [0.05, 0.1) is 17.3 Å². The highest BCUT2D eigenvalue weighted by atomic mass is 19.1. The summed E-state index contributed by atoms with van der Waals surface area (Å²) in [6, 6.07) is 8.54. The summed E-state index contributed by atoms with van der Waals surface area (Å²) in [6.45, 7) is 1.50. The number of benzene rings is 1. The molecule has 0 N–H and O–H groups in total. The first-order valence-corrected chi connectivity index (χ1v) is 5.59. The van der Waals surface area contributed by atoms with Crippen molar-refractivity contribution in [3.05, 3.63) is 29.6 Å². The molecule has 1 heterocycles. The summed E-state index contributed by atoms with van der Waals surface area (Å²) < 4.78 is 13.0. The number of hydrogen-bond acceptors (Lipinski definition) is 3. The standard InChI is InChI=1S/C13H12FN3/c14-12-1-2-13(11(7-12)9-16)17-5-3-10(8-15)4-6-17/h1-2,7,10H,3-6H2. The first-order valence-electron chi connectivity index (χ1n) is 5.59. The van der Waals surface area contributed by atoms with Crippen LogP contribution >= 0.6 is 0 Å². The number of nitrogens with zero attached hydrogens (tertiary/aromatic N) is 3. The van der Waals surface area contributed by atoms with Gasteiger partial charge in [-0.05, 0) is 31.0 Å². The van der Waals surface area contributed by atoms with Gasteiger partial charge in [0.2, 0.25) is 0 Å². The zero-order valence-electron chi connectivity index (χ0n) is 9.36. The molecular formula is C13H12FN3. The minimum absolute atomic E-state index is 0.109. The van der Waals surface area contributed by atoms with Gasteiger partial charge in [0.1, 0.15) is 11.9 Å². The van der Waals surface area contributed by atoms with Gasteiger partial charge in [0, 0.05) is 19.0 Å². The first kappa shape index (κ1) is 11.4. The van der Waals surface area contributed by atoms with E-state index in [2.05, 4.69) is 6.07 Å². The van der Waals surface area contributed by atoms with Gasteiger partial charge in [-0.15, -0.1) is 0 Å². The highest BCUT2D eigenvalue weighted by molar-refractivity contribution is 5.59. The van der Waals surface area contributed by atoms with Gasteiger partial charge in [0.25, 0.3) is 0 Å². The van der Waals surface area contributed by atoms with E-state index in [1.54, 1.807) is 6.07 Å². The normalized spacial score (nSPS) is 16.3. The molecule has 0 spiro atoms. The van der Waals surface area contributed by atoms with Gasteiger partial charge in [-0.25, -0.2) is 4.39 Å². The Bertz CT molecular complexity index is 490. The van der Waals surface area contributed by atoms with Crippen molar-refractivity contribution in [1.29, 1.82) is 10.5 Å². The van der Waals surface area contributed by atoms with Crippen molar-refractivity contribution in [2.45, 2.75) is 12.8 Å². The average molecular weight is 229 g/mol. The molecule has 0 radical (unpaired) electrons. The number of halogens is 1. The minimum atomic E-state index is -0.391. The highest BCUT2D eigenvalue weighted by Gasteiger charge is 2.20. The zero-order valence-corrected chi connectivity index (χ0v) is 9.36. The van der Waals surface area contributed by atoms with Crippen LogP contribution in [0.25, 0.3) is 0 Å². The van der Waals surface area contributed by atoms with Gasteiger partial charge < -0.3 is 4.90 Å². The summed E-state index contributed by atoms with van der Waals surface area (Å²) in [5.41, 5.74) is 1.13. The van der Waals surface area contributed by atoms with E-state index in [0.717, 1.165) is 31.6 Å². The molecule has 0 amide bonds. The van der Waals surface area contributed by atoms with Crippen LogP contribution in [0.1, 0.15) is 18.4 Å². The van der Waals surface area contributed by atoms with E-state index in [-0.39, 0.29) is 5.92 Å². The largest absolute Gasteiger partial charge is 0.370 e. The maximum Gasteiger partial charge on any atom is 0.124 e. The van der Waals surface area contributed by atoms with Crippen molar-refractivity contribution in [2.75, 3.05) is 18.0 Å². The third kappa shape index (κ3) is 2.37. The number of hydrogen-bond donors (Lipinski definition) is 0. The molecule has 17 heavy (non-hydrogen) atoms. The van der Waals surface area contributed by atoms with E-state index in [9.17, 15) is 4.39 Å². The fourth-order valence-corrected chi connectivity index (χ4v) is 2.12. The summed E-state index contributed by atoms with van der Waals surface area (Å²) in [4.78, 5) is 2.05. The van der Waals surface area contributed by atoms with Gasteiger partial charge in [-0.3, -0.25) is 0 Å². The van der Waals surface area contributed by atoms with Crippen molar-refractivity contribution in [2.24, 2.45) is 5.92 Å². The van der Waals surface area contributed by atoms with Gasteiger partial charge in [-0.1, -0.05) is 0 Å². The molecular weight excluding hydrogens is 217 g/mol. The van der Waals surface area contributed by atoms with Crippen LogP contribution in [0.4, 0.5) is 10.1 Å². The molecule has 0 unspecified atom stereocenters. The summed E-state index contributed by atoms with van der Waals surface area (Å²) in [5, 5.41) is 17.8. The molecule has 1 aromatic rings. The predicted molar refractivity (Wildman–Crippen MR) is 61.7 cm³/mol. The van der Waals surface area contributed by atoms with Crippen molar-refractivity contribution in [3.63, 3.8) is 0 Å². The monoisotopic (exact) mass is 229 g/mol. The maximum atomic E-state index is 13.0. The van der Waals surface area contributed by atoms with Crippen LogP contribution in [-0.4, -0.2) is 13.1 Å². The smallest absolute Gasteiger partial charge is 0.124 e. The fraction of sp³-hybridized carbons (Fsp3) is 0.385. The molecule has 1 saturated heterocycles. The molecule has 86 valence electrons. The third-order valence-corrected chi connectivity index (χ3v) is 3.10. The zero-order chi connectivity index (χ0) is 12.3. The Hall–Kier alpha value is -2.07. The summed E-state index contributed by atoms with van der Waals surface area (Å²) >= 11 is 0. The van der Waals surface area contributed by atoms with E-state index < -0.39 is 5.82 Å². The van der Waals surface area contributed by atoms with Crippen LogP contribution < -0.4 is 4.90 Å². The second-order valence-corrected chi connectivity index (χ2v) is 4.16. The molecule has 0 aliphatic carbocycles. The first-order chi connectivity index (χ1) is 8.24. The van der Waals surface area contributed by atoms with E-state index >= 15 is 0 Å². The second kappa shape index (κ2) is 4.84. The van der Waals surface area contributed by atoms with Crippen LogP contribution in [0.15, 0.2) is 18.2 Å². The van der Waals surface area contributed by atoms with Crippen LogP contribution in [-0.2, 0) is 0 Å². The van der Waals surface area contributed by atoms with Crippen LogP contribution in [0.3, 0.4) is 0 Å². The fourth-order valence-electron chi connectivity index (χ4n) is 2.12. The lowest BCUT2D eigenvalue weighted by molar-refractivity contribution is 0.487. The Kier molecular flexibility index (Phi) is 3.25. The van der Waals surface area contributed by atoms with Crippen molar-refractivity contribution in [1.82, 2.24) is 0 Å². The molecule has 3 nitrogen and oxygen atoms in total. The molecule has 0 aromatic heterocycles. The lowest BCUT2D eigenvalue weighted by atomic mass is 9.97. The quantitative estimate of drug-likeness (QED) is 0.743. The number of nitriles is 2. The van der Waals surface area contributed by atoms with Crippen molar-refractivity contribution >= 4 is 5.69 Å². The lowest BCUT2D eigenvalue weighted by Gasteiger charge is -2.31. The van der Waals surface area contributed by atoms with Gasteiger partial charge in [-0.2, -0.15) is 10.5 Å². The molecule has 0 atom stereocenters. The third-order valence-electron chi connectivity index (χ3n) is 3.10. The Labute approximate surface area is 99.7 Å². The highest BCUT2D eigenvalue weighted by Crippen LogP contribution is 2.26. The van der Waals surface area contributed by atoms with Crippen LogP contribution in [0.2, 0.25) is 0 Å². The molecule has 1 aromatic carbocycles. The molecule has 0 saturated carbocycles. The number of rotatable bonds is 1. The summed E-state index contributed by atoms with van der Waals surface area (Å²) in [6.07, 6.45) is 1.61. The van der Waals surface area contributed by atoms with Crippen molar-refractivity contribution in [3.8, 4) is 12.1 Å². The van der Waals surface area contributed by atoms with Gasteiger partial charge >= 0.3 is 0 Å². The minimum Gasteiger partial charge on any atom is -0.370 e. The predicted octanol–water partition coefficient (Wildman–Crippen LogP) is 2.44. The van der Waals surface area contributed by atoms with Crippen LogP contribution in [0, 0.1) is 34.4 Å². The Morgan fingerprint density at radius 3 is 2.53 bits per heavy atom. The maximum absolute atomic E-state index is 13.0. The molecule has 4 heteroatoms. The average Bonchev–Trinajstić information content (AvgIpc) is 2.39. The topological polar surface area (TPSA) is 50.8 Å². The summed E-state index contributed by atoms with van der Waals surface area (Å²) in [7, 11) is 0. The van der Waals surface area contributed by atoms with Crippen molar-refractivity contribution < 1.29 is 4.39 Å². The molecule has 2 rings (SSSR count). The van der Waals surface area contributed by atoms with E-state index in [1.165, 1.54) is 12.1 Å². The Morgan fingerprint density at radius 2 is 1.94 bits per heavy atom. The number of piperidine rings is 1. The second-order valence-electron chi connectivity index (χ2n) is 4.16. The summed E-state index contributed by atoms with van der Waals surface area (Å²) in [5.74, 6) is -0.283. The van der Waals surface area contributed by atoms with Gasteiger partial charge in [0.15, 0.2) is 0 Å². The molecule has 0 bridgehead atoms. The van der Waals surface area contributed by atoms with E-state index in [1.807, 2.05) is 11.0 Å². The van der Waals surface area contributed by atoms with Crippen LogP contribution in [0.5, 0.6) is 0 Å². The Morgan fingerprint density at radius 1 is 1.24 bits per heavy atom. The SMILES string of the molecule is N#Cc1cc(F)ccc1N1CCC(C#N)CC1. The molecule has 1 fully saturated rings. The number of anilines is 1. The van der Waals surface area contributed by atoms with E-state index in [4.69, 9.17) is 10.5 Å². The van der Waals surface area contributed by atoms with E-state index in [0.29, 0.717) is 5.56 Å². The molecule has 1 aliphatic heterocycles.